The quantitative estimate of drug-likeness (QED) is 0.0578. The Labute approximate surface area is 761 Å². The summed E-state index contributed by atoms with van der Waals surface area (Å²) in [5.74, 6) is -3.52. The number of nitrogens with zero attached hydrogens (tertiary/aromatic N) is 3. The monoisotopic (exact) mass is 1970 g/mol. The molecule has 3 aliphatic carbocycles. The molecular weight excluding hydrogens is 1870 g/mol. The molecule has 704 valence electrons. The Morgan fingerprint density at radius 3 is 0.961 bits per heavy atom. The van der Waals surface area contributed by atoms with Crippen LogP contribution in [0.5, 0.6) is 69.0 Å². The summed E-state index contributed by atoms with van der Waals surface area (Å²) in [5.41, 5.74) is -2.56. The molecule has 6 aromatic rings. The number of carbonyl (C=O) groups excluding carboxylic acids is 2. The average Bonchev–Trinajstić information content (AvgIpc) is 1.48. The second-order valence-electron chi connectivity index (χ2n) is 31.4. The van der Waals surface area contributed by atoms with Crippen molar-refractivity contribution in [3.05, 3.63) is 141 Å². The first-order valence-electron chi connectivity index (χ1n) is 40.6. The summed E-state index contributed by atoms with van der Waals surface area (Å²) in [6.07, 6.45) is -21.7. The molecule has 0 radical (unpaired) electrons. The van der Waals surface area contributed by atoms with Crippen molar-refractivity contribution in [2.45, 2.75) is 276 Å². The number of hydrogen-bond donors (Lipinski definition) is 1. The van der Waals surface area contributed by atoms with Crippen LogP contribution < -0.4 is 56.8 Å². The minimum Gasteiger partial charge on any atom is -0.481 e. The van der Waals surface area contributed by atoms with E-state index in [2.05, 4.69) is 109 Å². The van der Waals surface area contributed by atoms with Gasteiger partial charge in [0.1, 0.15) is 5.41 Å². The molecule has 15 rings (SSSR count). The summed E-state index contributed by atoms with van der Waals surface area (Å²) >= 11 is 18.4. The number of hydrogen-bond acceptors (Lipinski definition) is 19. The smallest absolute Gasteiger partial charge is 0.481 e. The van der Waals surface area contributed by atoms with E-state index in [-0.39, 0.29) is 108 Å². The van der Waals surface area contributed by atoms with Crippen molar-refractivity contribution in [1.82, 2.24) is 0 Å². The van der Waals surface area contributed by atoms with Crippen molar-refractivity contribution in [2.75, 3.05) is 6.61 Å². The predicted octanol–water partition coefficient (Wildman–Crippen LogP) is 27.7. The number of carbonyl (C=O) groups is 3. The molecule has 1 unspecified atom stereocenters. The summed E-state index contributed by atoms with van der Waals surface area (Å²) in [6, 6.07) is 31.7. The van der Waals surface area contributed by atoms with Crippen LogP contribution in [0.4, 0.5) is 52.7 Å². The molecule has 1 atom stereocenters. The minimum atomic E-state index is -3.73. The second-order valence-corrected chi connectivity index (χ2v) is 35.5. The van der Waals surface area contributed by atoms with Crippen LogP contribution in [0.3, 0.4) is 0 Å². The van der Waals surface area contributed by atoms with Crippen LogP contribution >= 0.6 is 55.1 Å². The largest absolute Gasteiger partial charge is 0.586 e. The van der Waals surface area contributed by atoms with Crippen molar-refractivity contribution < 1.29 is 134 Å². The van der Waals surface area contributed by atoms with Gasteiger partial charge in [-0.3, -0.25) is 14.4 Å². The zero-order valence-corrected chi connectivity index (χ0v) is 80.9. The highest BCUT2D eigenvalue weighted by Gasteiger charge is 2.83. The molecule has 1 N–H and O–H groups in total. The topological polar surface area (TPSA) is 263 Å². The van der Waals surface area contributed by atoms with Gasteiger partial charge in [0.15, 0.2) is 74.9 Å². The highest BCUT2D eigenvalue weighted by Crippen LogP contribution is 2.81. The number of halogens is 16. The van der Waals surface area contributed by atoms with Gasteiger partial charge in [-0.2, -0.15) is 15.8 Å². The maximum atomic E-state index is 13.1. The Kier molecular flexibility index (Phi) is 36.3. The summed E-state index contributed by atoms with van der Waals surface area (Å²) in [7, 11) is 0. The van der Waals surface area contributed by atoms with Crippen LogP contribution in [0.1, 0.15) is 235 Å². The van der Waals surface area contributed by atoms with Crippen LogP contribution in [0.25, 0.3) is 0 Å². The second kappa shape index (κ2) is 41.2. The molecule has 6 aliphatic heterocycles. The molecule has 36 heteroatoms. The first-order chi connectivity index (χ1) is 58.4. The number of carboxylic acids is 1. The fourth-order valence-corrected chi connectivity index (χ4v) is 15.9. The van der Waals surface area contributed by atoms with Crippen LogP contribution in [-0.2, 0) is 41.8 Å². The van der Waals surface area contributed by atoms with Gasteiger partial charge in [0, 0.05) is 8.80 Å². The lowest BCUT2D eigenvalue weighted by Crippen LogP contribution is -2.33. The van der Waals surface area contributed by atoms with Crippen LogP contribution in [0.15, 0.2) is 114 Å². The van der Waals surface area contributed by atoms with Crippen molar-refractivity contribution in [3.8, 4) is 87.2 Å². The highest BCUT2D eigenvalue weighted by molar-refractivity contribution is 9.10. The fourth-order valence-electron chi connectivity index (χ4n) is 15.0. The molecule has 9 aliphatic rings. The van der Waals surface area contributed by atoms with Crippen molar-refractivity contribution in [3.63, 3.8) is 0 Å². The predicted molar refractivity (Wildman–Crippen MR) is 461 cm³/mol. The number of carboxylic acid groups (broad SMARTS) is 1. The number of ether oxygens (including phenoxy) is 13. The van der Waals surface area contributed by atoms with E-state index >= 15 is 0 Å². The normalized spacial score (nSPS) is 19.6. The molecule has 20 nitrogen and oxygen atoms in total. The van der Waals surface area contributed by atoms with Crippen molar-refractivity contribution in [1.29, 1.82) is 15.8 Å². The van der Waals surface area contributed by atoms with Crippen LogP contribution in [0, 0.1) is 66.5 Å². The molecular formula is C91H111Br2Cl2F12N3O17. The van der Waals surface area contributed by atoms with Gasteiger partial charge >= 0.3 is 49.7 Å². The number of aliphatic carboxylic acids is 1. The first-order valence-corrected chi connectivity index (χ1v) is 43.0. The lowest BCUT2D eigenvalue weighted by molar-refractivity contribution is -0.287. The Morgan fingerprint density at radius 2 is 0.685 bits per heavy atom. The van der Waals surface area contributed by atoms with Gasteiger partial charge in [0.25, 0.3) is 0 Å². The van der Waals surface area contributed by atoms with Gasteiger partial charge in [-0.1, -0.05) is 228 Å². The standard InChI is InChI=1S/C15H15ClF2O3.C15H15F2NO2.C15H16F2O4.C12H9F2NO4.C9H5F2NO2.C7H3BrF2O2.C6H12BrCl.6C2H6/c1-12(2)13(3,4)14(12,11(16)19)8-5-6-9-10(7-8)21-15(17,18)20-9;1-12(2)13(3,4)14(12,8-18)9-5-6-10-11(7-9)20-15(16,17)19-10;1-12(2)13(3,4)14(12,11(18)19)8-5-6-9-10(7-8)21-15(16,17)20-9;1-2-17-11(16)8(6-15)7-3-4-9-10(5-7)19-12(13,14)18-9;10-9(11)13-7-2-1-6(3-4-12)5-8(7)14-9;8-4-1-2-5-6(3-4)12-7(9,10)11-5;1-5(2,7)6(3,4)8;6*1-2/h5-7H,1-4H3;5-7H,1-4H3;5-7H,1-4H3,(H,18,19);3-5,8H,2H2,1H3;1-2,5H,3H2;1-3H;1-4H3;6*1-2H3. The van der Waals surface area contributed by atoms with Gasteiger partial charge in [-0.15, -0.1) is 64.3 Å². The van der Waals surface area contributed by atoms with E-state index in [0.29, 0.717) is 26.7 Å². The lowest BCUT2D eigenvalue weighted by atomic mass is 9.86. The van der Waals surface area contributed by atoms with Gasteiger partial charge < -0.3 is 66.7 Å². The number of rotatable bonds is 10. The van der Waals surface area contributed by atoms with Gasteiger partial charge in [-0.25, -0.2) is 0 Å². The maximum absolute atomic E-state index is 13.1. The molecule has 0 saturated heterocycles. The van der Waals surface area contributed by atoms with Gasteiger partial charge in [-0.05, 0) is 185 Å². The SMILES string of the molecule is CC.CC.CC.CC.CC.CC.CC(C)(Cl)C(C)(C)Br.CC1(C)C(C)(C)C1(C#N)c1ccc2c(c1)OC(F)(F)O2.CC1(C)C(C)(C)C1(C(=O)Cl)c1ccc2c(c1)OC(F)(F)O2.CC1(C)C(C)(C)C1(C(=O)O)c1ccc2c(c1)OC(F)(F)O2.CCOC(=O)C(C#N)c1ccc2c(c1)OC(F)(F)O2.FC1(F)Oc2ccc(Br)cc2O1.N#CCc1ccc2c(c1)OC(F)(F)O2. The van der Waals surface area contributed by atoms with E-state index in [9.17, 15) is 77.4 Å². The van der Waals surface area contributed by atoms with E-state index in [1.165, 1.54) is 84.9 Å². The lowest BCUT2D eigenvalue weighted by Gasteiger charge is -2.30. The Balaban J connectivity index is 0.000000380. The number of fused-ring (bicyclic) bond motifs is 6. The van der Waals surface area contributed by atoms with E-state index in [1.807, 2.05) is 186 Å². The molecule has 0 aromatic heterocycles. The third kappa shape index (κ3) is 22.4. The highest BCUT2D eigenvalue weighted by atomic mass is 79.9. The summed E-state index contributed by atoms with van der Waals surface area (Å²) < 4.78 is 211. The maximum Gasteiger partial charge on any atom is 0.586 e. The zero-order valence-electron chi connectivity index (χ0n) is 76.3. The number of nitriles is 3. The minimum absolute atomic E-state index is 0.00287. The fraction of sp³-hybridized carbons (Fsp3) is 0.538. The molecule has 0 bridgehead atoms. The third-order valence-electron chi connectivity index (χ3n) is 23.3. The van der Waals surface area contributed by atoms with Crippen molar-refractivity contribution >= 4 is 72.2 Å². The summed E-state index contributed by atoms with van der Waals surface area (Å²) in [4.78, 5) is 35.4. The van der Waals surface area contributed by atoms with E-state index in [0.717, 1.165) is 0 Å². The molecule has 127 heavy (non-hydrogen) atoms. The number of benzene rings is 6. The van der Waals surface area contributed by atoms with E-state index in [1.54, 1.807) is 37.3 Å². The average molecular weight is 1980 g/mol. The van der Waals surface area contributed by atoms with Crippen LogP contribution in [-0.4, -0.2) is 75.9 Å². The van der Waals surface area contributed by atoms with Crippen LogP contribution in [0.2, 0.25) is 0 Å². The Bertz CT molecular complexity index is 4810. The van der Waals surface area contributed by atoms with Gasteiger partial charge in [0.2, 0.25) is 5.24 Å². The van der Waals surface area contributed by atoms with Crippen molar-refractivity contribution in [2.24, 2.45) is 32.5 Å². The first kappa shape index (κ1) is 112. The molecule has 6 heterocycles. The number of esters is 1. The van der Waals surface area contributed by atoms with E-state index in [4.69, 9.17) is 38.5 Å². The zero-order chi connectivity index (χ0) is 98.7. The number of alkyl halides is 14. The molecule has 3 fully saturated rings. The Morgan fingerprint density at radius 1 is 0.417 bits per heavy atom. The molecule has 6 aromatic carbocycles. The van der Waals surface area contributed by atoms with E-state index < -0.39 is 98.8 Å². The Hall–Kier alpha value is -9.30. The van der Waals surface area contributed by atoms with Gasteiger partial charge in [0.05, 0.1) is 46.9 Å². The third-order valence-corrected chi connectivity index (χ3v) is 25.8. The summed E-state index contributed by atoms with van der Waals surface area (Å²) in [5, 5.41) is 36.3. The summed E-state index contributed by atoms with van der Waals surface area (Å²) in [6.45, 7) is 57.0. The molecule has 3 saturated carbocycles. The molecule has 0 spiro atoms. The molecule has 0 amide bonds.